The third kappa shape index (κ3) is 3.55. The molecule has 0 aliphatic rings. The first-order valence-electron chi connectivity index (χ1n) is 3.85. The van der Waals surface area contributed by atoms with Crippen LogP contribution in [0.15, 0.2) is 22.9 Å². The predicted octanol–water partition coefficient (Wildman–Crippen LogP) is 1.82. The molecule has 3 nitrogen and oxygen atoms in total. The summed E-state index contributed by atoms with van der Waals surface area (Å²) in [5.41, 5.74) is 4.85. The van der Waals surface area contributed by atoms with E-state index in [9.17, 15) is 8.78 Å². The number of nitrogens with zero attached hydrogens (tertiary/aromatic N) is 1. The van der Waals surface area contributed by atoms with Crippen molar-refractivity contribution < 1.29 is 13.5 Å². The second-order valence-corrected chi connectivity index (χ2v) is 3.60. The molecule has 14 heavy (non-hydrogen) atoms. The van der Waals surface area contributed by atoms with Crippen LogP contribution in [0.1, 0.15) is 0 Å². The maximum absolute atomic E-state index is 12.7. The number of aromatic nitrogens is 1. The highest BCUT2D eigenvalue weighted by Crippen LogP contribution is 2.18. The number of rotatable bonds is 4. The van der Waals surface area contributed by atoms with E-state index in [1.54, 1.807) is 6.07 Å². The summed E-state index contributed by atoms with van der Waals surface area (Å²) in [4.78, 5) is 3.76. The van der Waals surface area contributed by atoms with Crippen LogP contribution in [0.5, 0.6) is 5.75 Å². The monoisotopic (exact) mass is 266 g/mol. The molecule has 78 valence electrons. The van der Waals surface area contributed by atoms with Gasteiger partial charge in [-0.3, -0.25) is 4.98 Å². The Morgan fingerprint density at radius 2 is 2.21 bits per heavy atom. The zero-order chi connectivity index (χ0) is 10.6. The standard InChI is InChI=1S/C8H9BrF2N2O/c9-6-1-7(3-13-2-6)14-5-8(10,11)4-12/h1-3H,4-5,12H2. The molecule has 1 aromatic rings. The molecule has 1 aromatic heterocycles. The summed E-state index contributed by atoms with van der Waals surface area (Å²) in [6, 6.07) is 1.56. The van der Waals surface area contributed by atoms with Crippen molar-refractivity contribution in [1.82, 2.24) is 4.98 Å². The van der Waals surface area contributed by atoms with Gasteiger partial charge in [0.05, 0.1) is 12.7 Å². The van der Waals surface area contributed by atoms with Gasteiger partial charge < -0.3 is 10.5 Å². The summed E-state index contributed by atoms with van der Waals surface area (Å²) in [7, 11) is 0. The van der Waals surface area contributed by atoms with Gasteiger partial charge >= 0.3 is 0 Å². The fraction of sp³-hybridized carbons (Fsp3) is 0.375. The minimum atomic E-state index is -3.00. The molecule has 0 fully saturated rings. The van der Waals surface area contributed by atoms with E-state index >= 15 is 0 Å². The van der Waals surface area contributed by atoms with Crippen molar-refractivity contribution in [3.63, 3.8) is 0 Å². The Hall–Kier alpha value is -0.750. The Bertz CT molecular complexity index is 309. The number of ether oxygens (including phenoxy) is 1. The quantitative estimate of drug-likeness (QED) is 0.905. The van der Waals surface area contributed by atoms with Crippen LogP contribution >= 0.6 is 15.9 Å². The lowest BCUT2D eigenvalue weighted by molar-refractivity contribution is -0.0320. The zero-order valence-electron chi connectivity index (χ0n) is 7.21. The van der Waals surface area contributed by atoms with Crippen LogP contribution in [0.2, 0.25) is 0 Å². The van der Waals surface area contributed by atoms with E-state index < -0.39 is 19.1 Å². The van der Waals surface area contributed by atoms with E-state index in [2.05, 4.69) is 20.9 Å². The van der Waals surface area contributed by atoms with Crippen molar-refractivity contribution in [2.45, 2.75) is 5.92 Å². The van der Waals surface area contributed by atoms with Crippen LogP contribution in [0, 0.1) is 0 Å². The number of hydrogen-bond acceptors (Lipinski definition) is 3. The first kappa shape index (κ1) is 11.3. The number of nitrogens with two attached hydrogens (primary N) is 1. The number of pyridine rings is 1. The Kier molecular flexibility index (Phi) is 3.77. The zero-order valence-corrected chi connectivity index (χ0v) is 8.80. The van der Waals surface area contributed by atoms with Crippen molar-refractivity contribution in [1.29, 1.82) is 0 Å². The lowest BCUT2D eigenvalue weighted by Crippen LogP contribution is -2.34. The molecule has 0 aliphatic heterocycles. The largest absolute Gasteiger partial charge is 0.486 e. The van der Waals surface area contributed by atoms with Crippen LogP contribution in [0.4, 0.5) is 8.78 Å². The molecule has 0 unspecified atom stereocenters. The highest BCUT2D eigenvalue weighted by Gasteiger charge is 2.27. The summed E-state index contributed by atoms with van der Waals surface area (Å²) < 4.78 is 30.8. The van der Waals surface area contributed by atoms with Crippen LogP contribution in [-0.2, 0) is 0 Å². The van der Waals surface area contributed by atoms with E-state index in [0.29, 0.717) is 4.47 Å². The van der Waals surface area contributed by atoms with Gasteiger partial charge in [0.1, 0.15) is 5.75 Å². The smallest absolute Gasteiger partial charge is 0.293 e. The first-order valence-corrected chi connectivity index (χ1v) is 4.64. The minimum Gasteiger partial charge on any atom is -0.486 e. The highest BCUT2D eigenvalue weighted by molar-refractivity contribution is 9.10. The first-order chi connectivity index (χ1) is 6.53. The number of hydrogen-bond donors (Lipinski definition) is 1. The maximum atomic E-state index is 12.7. The summed E-state index contributed by atoms with van der Waals surface area (Å²) >= 11 is 3.14. The Morgan fingerprint density at radius 3 is 2.79 bits per heavy atom. The van der Waals surface area contributed by atoms with E-state index in [1.165, 1.54) is 12.4 Å². The lowest BCUT2D eigenvalue weighted by atomic mass is 10.3. The maximum Gasteiger partial charge on any atom is 0.293 e. The Labute approximate surface area is 88.4 Å². The fourth-order valence-electron chi connectivity index (χ4n) is 0.719. The summed E-state index contributed by atoms with van der Waals surface area (Å²) in [5.74, 6) is -2.71. The highest BCUT2D eigenvalue weighted by atomic mass is 79.9. The second kappa shape index (κ2) is 4.65. The molecule has 6 heteroatoms. The molecule has 0 aliphatic carbocycles. The van der Waals surface area contributed by atoms with Crippen molar-refractivity contribution in [2.75, 3.05) is 13.2 Å². The Morgan fingerprint density at radius 1 is 1.50 bits per heavy atom. The number of halogens is 3. The third-order valence-electron chi connectivity index (χ3n) is 1.43. The molecule has 0 saturated heterocycles. The average Bonchev–Trinajstić information content (AvgIpc) is 2.15. The lowest BCUT2D eigenvalue weighted by Gasteiger charge is -2.14. The van der Waals surface area contributed by atoms with E-state index in [0.717, 1.165) is 0 Å². The van der Waals surface area contributed by atoms with Crippen LogP contribution in [0.25, 0.3) is 0 Å². The van der Waals surface area contributed by atoms with Gasteiger partial charge in [-0.05, 0) is 22.0 Å². The van der Waals surface area contributed by atoms with Crippen LogP contribution in [-0.4, -0.2) is 24.1 Å². The molecule has 1 heterocycles. The average molecular weight is 267 g/mol. The normalized spacial score (nSPS) is 11.4. The molecule has 0 amide bonds. The van der Waals surface area contributed by atoms with Crippen molar-refractivity contribution in [3.05, 3.63) is 22.9 Å². The Balaban J connectivity index is 2.54. The molecule has 0 saturated carbocycles. The second-order valence-electron chi connectivity index (χ2n) is 2.69. The molecular formula is C8H9BrF2N2O. The van der Waals surface area contributed by atoms with Gasteiger partial charge in [0, 0.05) is 10.7 Å². The molecule has 1 rings (SSSR count). The van der Waals surface area contributed by atoms with Gasteiger partial charge in [-0.25, -0.2) is 8.78 Å². The third-order valence-corrected chi connectivity index (χ3v) is 1.86. The van der Waals surface area contributed by atoms with Crippen molar-refractivity contribution in [2.24, 2.45) is 5.73 Å². The van der Waals surface area contributed by atoms with Gasteiger partial charge in [0.15, 0.2) is 6.61 Å². The molecule has 2 N–H and O–H groups in total. The molecular weight excluding hydrogens is 258 g/mol. The van der Waals surface area contributed by atoms with E-state index in [-0.39, 0.29) is 5.75 Å². The topological polar surface area (TPSA) is 48.1 Å². The van der Waals surface area contributed by atoms with Gasteiger partial charge in [-0.2, -0.15) is 0 Å². The minimum absolute atomic E-state index is 0.285. The predicted molar refractivity (Wildman–Crippen MR) is 51.4 cm³/mol. The number of alkyl halides is 2. The molecule has 0 aromatic carbocycles. The van der Waals surface area contributed by atoms with E-state index in [1.807, 2.05) is 0 Å². The van der Waals surface area contributed by atoms with Gasteiger partial charge in [-0.15, -0.1) is 0 Å². The summed E-state index contributed by atoms with van der Waals surface area (Å²) in [6.45, 7) is -1.46. The van der Waals surface area contributed by atoms with Crippen LogP contribution in [0.3, 0.4) is 0 Å². The molecule has 0 spiro atoms. The SMILES string of the molecule is NCC(F)(F)COc1cncc(Br)c1. The van der Waals surface area contributed by atoms with Gasteiger partial charge in [-0.1, -0.05) is 0 Å². The summed E-state index contributed by atoms with van der Waals surface area (Å²) in [6.07, 6.45) is 2.89. The van der Waals surface area contributed by atoms with E-state index in [4.69, 9.17) is 10.5 Å². The molecule has 0 radical (unpaired) electrons. The fourth-order valence-corrected chi connectivity index (χ4v) is 1.06. The van der Waals surface area contributed by atoms with Gasteiger partial charge in [0.2, 0.25) is 0 Å². The molecule has 0 bridgehead atoms. The van der Waals surface area contributed by atoms with Crippen molar-refractivity contribution >= 4 is 15.9 Å². The summed E-state index contributed by atoms with van der Waals surface area (Å²) in [5, 5.41) is 0. The molecule has 0 atom stereocenters. The van der Waals surface area contributed by atoms with Gasteiger partial charge in [0.25, 0.3) is 5.92 Å². The van der Waals surface area contributed by atoms with Crippen molar-refractivity contribution in [3.8, 4) is 5.75 Å². The van der Waals surface area contributed by atoms with Crippen LogP contribution < -0.4 is 10.5 Å².